The van der Waals surface area contributed by atoms with E-state index in [1.807, 2.05) is 0 Å². The molecule has 0 amide bonds. The molecule has 0 spiro atoms. The van der Waals surface area contributed by atoms with Crippen molar-refractivity contribution in [3.05, 3.63) is 41.7 Å². The number of esters is 1. The van der Waals surface area contributed by atoms with Crippen molar-refractivity contribution in [2.75, 3.05) is 0 Å². The maximum atomic E-state index is 11.8. The summed E-state index contributed by atoms with van der Waals surface area (Å²) in [4.78, 5) is 33.8. The van der Waals surface area contributed by atoms with Gasteiger partial charge in [0.15, 0.2) is 17.6 Å². The third kappa shape index (κ3) is 4.30. The minimum atomic E-state index is -1.91. The fourth-order valence-corrected chi connectivity index (χ4v) is 2.07. The molecule has 26 heavy (non-hydrogen) atoms. The van der Waals surface area contributed by atoms with Gasteiger partial charge in [-0.15, -0.1) is 0 Å². The molecule has 0 aromatic heterocycles. The maximum Gasteiger partial charge on any atom is 0.370 e. The number of carbonyl (C=O) groups excluding carboxylic acids is 1. The topological polar surface area (TPSA) is 171 Å². The second-order valence-corrected chi connectivity index (χ2v) is 5.19. The Balaban J connectivity index is 2.13. The van der Waals surface area contributed by atoms with Gasteiger partial charge in [-0.1, -0.05) is 6.07 Å². The minimum Gasteiger partial charge on any atom is -0.504 e. The summed E-state index contributed by atoms with van der Waals surface area (Å²) < 4.78 is 9.51. The van der Waals surface area contributed by atoms with Gasteiger partial charge in [0.1, 0.15) is 6.10 Å². The summed E-state index contributed by atoms with van der Waals surface area (Å²) in [6.07, 6.45) is -2.36. The first-order valence-electron chi connectivity index (χ1n) is 7.12. The van der Waals surface area contributed by atoms with Gasteiger partial charge in [-0.25, -0.2) is 14.4 Å². The van der Waals surface area contributed by atoms with E-state index in [4.69, 9.17) is 14.9 Å². The van der Waals surface area contributed by atoms with Gasteiger partial charge in [0.2, 0.25) is 11.9 Å². The van der Waals surface area contributed by atoms with Crippen molar-refractivity contribution in [2.45, 2.75) is 18.3 Å². The molecular weight excluding hydrogens is 352 g/mol. The van der Waals surface area contributed by atoms with Crippen LogP contribution in [0.3, 0.4) is 0 Å². The summed E-state index contributed by atoms with van der Waals surface area (Å²) in [6, 6.07) is 3.76. The van der Waals surface area contributed by atoms with Crippen LogP contribution < -0.4 is 0 Å². The zero-order valence-electron chi connectivity index (χ0n) is 13.0. The number of hydrogen-bond acceptors (Lipinski definition) is 8. The number of carboxylic acids is 2. The molecule has 0 radical (unpaired) electrons. The summed E-state index contributed by atoms with van der Waals surface area (Å²) in [5.41, 5.74) is 0.343. The molecule has 3 unspecified atom stereocenters. The van der Waals surface area contributed by atoms with E-state index in [0.717, 1.165) is 12.2 Å². The third-order valence-electron chi connectivity index (χ3n) is 3.33. The number of aromatic hydroxyl groups is 2. The van der Waals surface area contributed by atoms with Crippen LogP contribution in [0.4, 0.5) is 0 Å². The average Bonchev–Trinajstić information content (AvgIpc) is 2.57. The molecule has 0 bridgehead atoms. The van der Waals surface area contributed by atoms with Gasteiger partial charge in [-0.3, -0.25) is 0 Å². The monoisotopic (exact) mass is 366 g/mol. The van der Waals surface area contributed by atoms with E-state index >= 15 is 0 Å². The Hall–Kier alpha value is -3.53. The number of aliphatic carboxylic acids is 2. The third-order valence-corrected chi connectivity index (χ3v) is 3.33. The van der Waals surface area contributed by atoms with E-state index in [2.05, 4.69) is 4.74 Å². The summed E-state index contributed by atoms with van der Waals surface area (Å²) >= 11 is 0. The number of hydrogen-bond donors (Lipinski definition) is 5. The molecule has 5 N–H and O–H groups in total. The van der Waals surface area contributed by atoms with Gasteiger partial charge >= 0.3 is 17.9 Å². The Bertz CT molecular complexity index is 794. The number of carboxylic acid groups (broad SMARTS) is 2. The molecule has 1 aliphatic rings. The molecule has 1 heterocycles. The van der Waals surface area contributed by atoms with Crippen molar-refractivity contribution in [3.63, 3.8) is 0 Å². The van der Waals surface area contributed by atoms with Crippen LogP contribution in [-0.2, 0) is 23.9 Å². The Morgan fingerprint density at radius 3 is 2.38 bits per heavy atom. The number of carbonyl (C=O) groups is 3. The molecule has 2 rings (SSSR count). The number of ether oxygens (including phenoxy) is 2. The second-order valence-electron chi connectivity index (χ2n) is 5.19. The van der Waals surface area contributed by atoms with E-state index in [-0.39, 0.29) is 5.75 Å². The largest absolute Gasteiger partial charge is 0.504 e. The quantitative estimate of drug-likeness (QED) is 0.268. The van der Waals surface area contributed by atoms with E-state index in [1.54, 1.807) is 0 Å². The Labute approximate surface area is 145 Å². The summed E-state index contributed by atoms with van der Waals surface area (Å²) in [5.74, 6) is -5.73. The van der Waals surface area contributed by atoms with E-state index in [1.165, 1.54) is 24.3 Å². The smallest absolute Gasteiger partial charge is 0.370 e. The maximum absolute atomic E-state index is 11.8. The van der Waals surface area contributed by atoms with Crippen molar-refractivity contribution >= 4 is 24.0 Å². The molecule has 0 aliphatic carbocycles. The number of phenolic OH excluding ortho intramolecular Hbond substituents is 2. The van der Waals surface area contributed by atoms with E-state index in [9.17, 15) is 29.7 Å². The molecule has 0 fully saturated rings. The van der Waals surface area contributed by atoms with Gasteiger partial charge in [-0.2, -0.15) is 0 Å². The van der Waals surface area contributed by atoms with Crippen molar-refractivity contribution in [1.82, 2.24) is 0 Å². The highest BCUT2D eigenvalue weighted by Gasteiger charge is 2.41. The Morgan fingerprint density at radius 2 is 1.81 bits per heavy atom. The molecule has 1 aliphatic heterocycles. The van der Waals surface area contributed by atoms with E-state index < -0.39 is 47.7 Å². The van der Waals surface area contributed by atoms with Crippen LogP contribution in [-0.4, -0.2) is 61.8 Å². The minimum absolute atomic E-state index is 0.343. The highest BCUT2D eigenvalue weighted by Crippen LogP contribution is 2.25. The lowest BCUT2D eigenvalue weighted by Gasteiger charge is -2.30. The number of rotatable bonds is 5. The molecular formula is C16H14O10. The Morgan fingerprint density at radius 1 is 1.12 bits per heavy atom. The van der Waals surface area contributed by atoms with Gasteiger partial charge in [-0.05, 0) is 23.8 Å². The zero-order chi connectivity index (χ0) is 19.4. The van der Waals surface area contributed by atoms with Gasteiger partial charge in [0.05, 0.1) is 0 Å². The van der Waals surface area contributed by atoms with Crippen LogP contribution in [0.25, 0.3) is 6.08 Å². The summed E-state index contributed by atoms with van der Waals surface area (Å²) in [6.45, 7) is 0. The SMILES string of the molecule is O=C(/C=C/c1ccc(O)c(O)c1)OC1C=C(C(=O)O)OC(C(=O)O)C1O. The van der Waals surface area contributed by atoms with Crippen molar-refractivity contribution < 1.29 is 49.4 Å². The zero-order valence-corrected chi connectivity index (χ0v) is 13.0. The van der Waals surface area contributed by atoms with Crippen molar-refractivity contribution in [3.8, 4) is 11.5 Å². The summed E-state index contributed by atoms with van der Waals surface area (Å²) in [5, 5.41) is 46.3. The highest BCUT2D eigenvalue weighted by molar-refractivity contribution is 5.88. The molecule has 0 saturated carbocycles. The Kier molecular flexibility index (Phi) is 5.48. The van der Waals surface area contributed by atoms with Gasteiger partial charge in [0, 0.05) is 12.2 Å². The second kappa shape index (κ2) is 7.57. The first kappa shape index (κ1) is 18.8. The lowest BCUT2D eigenvalue weighted by atomic mass is 10.0. The molecule has 138 valence electrons. The van der Waals surface area contributed by atoms with Crippen LogP contribution in [0.15, 0.2) is 36.1 Å². The first-order chi connectivity index (χ1) is 12.2. The molecule has 0 saturated heterocycles. The molecule has 3 atom stereocenters. The van der Waals surface area contributed by atoms with Crippen molar-refractivity contribution in [2.24, 2.45) is 0 Å². The fourth-order valence-electron chi connectivity index (χ4n) is 2.07. The van der Waals surface area contributed by atoms with Gasteiger partial charge in [0.25, 0.3) is 0 Å². The van der Waals surface area contributed by atoms with E-state index in [0.29, 0.717) is 5.56 Å². The highest BCUT2D eigenvalue weighted by atomic mass is 16.6. The lowest BCUT2D eigenvalue weighted by Crippen LogP contribution is -2.48. The van der Waals surface area contributed by atoms with Crippen LogP contribution in [0.2, 0.25) is 0 Å². The van der Waals surface area contributed by atoms with Crippen LogP contribution in [0.1, 0.15) is 5.56 Å². The molecule has 10 heteroatoms. The average molecular weight is 366 g/mol. The molecule has 1 aromatic rings. The predicted octanol–water partition coefficient (Wildman–Crippen LogP) is -0.164. The van der Waals surface area contributed by atoms with Crippen LogP contribution >= 0.6 is 0 Å². The number of aliphatic hydroxyl groups excluding tert-OH is 1. The standard InChI is InChI=1S/C16H14O10/c17-8-3-1-7(5-9(8)18)2-4-12(19)25-10-6-11(15(21)22)26-14(13(10)20)16(23)24/h1-6,10,13-14,17-18,20H,(H,21,22)(H,23,24)/b4-2+. The molecule has 10 nitrogen and oxygen atoms in total. The first-order valence-corrected chi connectivity index (χ1v) is 7.12. The molecule has 1 aromatic carbocycles. The fraction of sp³-hybridized carbons (Fsp3) is 0.188. The van der Waals surface area contributed by atoms with Gasteiger partial charge < -0.3 is 35.0 Å². The van der Waals surface area contributed by atoms with Crippen LogP contribution in [0, 0.1) is 0 Å². The number of phenols is 2. The normalized spacial score (nSPS) is 22.3. The number of benzene rings is 1. The predicted molar refractivity (Wildman–Crippen MR) is 82.9 cm³/mol. The lowest BCUT2D eigenvalue weighted by molar-refractivity contribution is -0.172. The van der Waals surface area contributed by atoms with Crippen LogP contribution in [0.5, 0.6) is 11.5 Å². The summed E-state index contributed by atoms with van der Waals surface area (Å²) in [7, 11) is 0. The number of aliphatic hydroxyl groups is 1. The van der Waals surface area contributed by atoms with Crippen molar-refractivity contribution in [1.29, 1.82) is 0 Å².